The van der Waals surface area contributed by atoms with Crippen molar-refractivity contribution >= 4 is 27.5 Å². The fourth-order valence-electron chi connectivity index (χ4n) is 1.75. The second-order valence-corrected chi connectivity index (χ2v) is 5.55. The van der Waals surface area contributed by atoms with Crippen LogP contribution in [0.15, 0.2) is 47.1 Å². The first-order valence-corrected chi connectivity index (χ1v) is 6.84. The van der Waals surface area contributed by atoms with Crippen molar-refractivity contribution in [2.45, 2.75) is 13.1 Å². The zero-order valence-electron chi connectivity index (χ0n) is 10.1. The van der Waals surface area contributed by atoms with E-state index in [1.165, 1.54) is 0 Å². The molecule has 94 valence electrons. The Kier molecular flexibility index (Phi) is 4.75. The van der Waals surface area contributed by atoms with Crippen LogP contribution in [0.1, 0.15) is 11.3 Å². The van der Waals surface area contributed by atoms with E-state index in [-0.39, 0.29) is 0 Å². The molecule has 0 fully saturated rings. The quantitative estimate of drug-likeness (QED) is 0.840. The number of halogens is 2. The van der Waals surface area contributed by atoms with Crippen molar-refractivity contribution in [1.82, 2.24) is 9.88 Å². The van der Waals surface area contributed by atoms with Gasteiger partial charge in [-0.05, 0) is 46.7 Å². The van der Waals surface area contributed by atoms with E-state index in [9.17, 15) is 0 Å². The standard InChI is InChI=1S/C14H14BrClN2/c1-18(9-11-4-2-3-5-14(11)16)10-13-7-6-12(15)8-17-13/h2-8H,9-10H2,1H3. The molecule has 4 heteroatoms. The molecule has 2 aromatic rings. The average molecular weight is 326 g/mol. The summed E-state index contributed by atoms with van der Waals surface area (Å²) >= 11 is 9.53. The minimum Gasteiger partial charge on any atom is -0.296 e. The Hall–Kier alpha value is -0.900. The van der Waals surface area contributed by atoms with Crippen LogP contribution in [0.2, 0.25) is 5.02 Å². The topological polar surface area (TPSA) is 16.1 Å². The molecular weight excluding hydrogens is 312 g/mol. The summed E-state index contributed by atoms with van der Waals surface area (Å²) in [5, 5.41) is 0.813. The molecule has 0 saturated carbocycles. The average Bonchev–Trinajstić information content (AvgIpc) is 2.35. The molecule has 2 nitrogen and oxygen atoms in total. The van der Waals surface area contributed by atoms with Crippen molar-refractivity contribution in [2.24, 2.45) is 0 Å². The molecule has 0 aliphatic rings. The predicted octanol–water partition coefficient (Wildman–Crippen LogP) is 4.13. The minimum absolute atomic E-state index is 0.804. The third kappa shape index (κ3) is 3.80. The smallest absolute Gasteiger partial charge is 0.0544 e. The molecule has 1 aromatic heterocycles. The Bertz CT molecular complexity index is 513. The van der Waals surface area contributed by atoms with Gasteiger partial charge >= 0.3 is 0 Å². The zero-order chi connectivity index (χ0) is 13.0. The van der Waals surface area contributed by atoms with Crippen molar-refractivity contribution in [3.8, 4) is 0 Å². The lowest BCUT2D eigenvalue weighted by Gasteiger charge is -2.17. The first kappa shape index (κ1) is 13.5. The molecule has 0 N–H and O–H groups in total. The number of rotatable bonds is 4. The van der Waals surface area contributed by atoms with Gasteiger partial charge in [0.1, 0.15) is 0 Å². The molecule has 0 spiro atoms. The molecule has 0 atom stereocenters. The van der Waals surface area contributed by atoms with Crippen molar-refractivity contribution < 1.29 is 0 Å². The van der Waals surface area contributed by atoms with E-state index in [4.69, 9.17) is 11.6 Å². The summed E-state index contributed by atoms with van der Waals surface area (Å²) in [7, 11) is 2.06. The fourth-order valence-corrected chi connectivity index (χ4v) is 2.18. The largest absolute Gasteiger partial charge is 0.296 e. The molecule has 0 saturated heterocycles. The number of hydrogen-bond donors (Lipinski definition) is 0. The first-order valence-electron chi connectivity index (χ1n) is 5.67. The Morgan fingerprint density at radius 3 is 2.61 bits per heavy atom. The van der Waals surface area contributed by atoms with E-state index >= 15 is 0 Å². The van der Waals surface area contributed by atoms with Gasteiger partial charge in [-0.1, -0.05) is 29.8 Å². The van der Waals surface area contributed by atoms with Crippen LogP contribution in [0.3, 0.4) is 0 Å². The van der Waals surface area contributed by atoms with Gasteiger partial charge in [0.15, 0.2) is 0 Å². The molecule has 0 bridgehead atoms. The highest BCUT2D eigenvalue weighted by atomic mass is 79.9. The van der Waals surface area contributed by atoms with Crippen molar-refractivity contribution in [3.63, 3.8) is 0 Å². The number of aromatic nitrogens is 1. The summed E-state index contributed by atoms with van der Waals surface area (Å²) in [5.74, 6) is 0. The van der Waals surface area contributed by atoms with Gasteiger partial charge in [0.25, 0.3) is 0 Å². The molecule has 0 unspecified atom stereocenters. The van der Waals surface area contributed by atoms with Crippen LogP contribution in [-0.4, -0.2) is 16.9 Å². The van der Waals surface area contributed by atoms with Crippen LogP contribution in [0.4, 0.5) is 0 Å². The Balaban J connectivity index is 1.99. The van der Waals surface area contributed by atoms with E-state index < -0.39 is 0 Å². The lowest BCUT2D eigenvalue weighted by Crippen LogP contribution is -2.18. The monoisotopic (exact) mass is 324 g/mol. The minimum atomic E-state index is 0.804. The maximum atomic E-state index is 6.14. The summed E-state index contributed by atoms with van der Waals surface area (Å²) in [4.78, 5) is 6.55. The number of nitrogens with zero attached hydrogens (tertiary/aromatic N) is 2. The highest BCUT2D eigenvalue weighted by molar-refractivity contribution is 9.10. The first-order chi connectivity index (χ1) is 8.65. The second kappa shape index (κ2) is 6.32. The predicted molar refractivity (Wildman–Crippen MR) is 78.6 cm³/mol. The summed E-state index contributed by atoms with van der Waals surface area (Å²) in [6.45, 7) is 1.62. The van der Waals surface area contributed by atoms with Gasteiger partial charge in [-0.25, -0.2) is 0 Å². The second-order valence-electron chi connectivity index (χ2n) is 4.23. The number of hydrogen-bond acceptors (Lipinski definition) is 2. The zero-order valence-corrected chi connectivity index (χ0v) is 12.4. The highest BCUT2D eigenvalue weighted by Crippen LogP contribution is 2.17. The molecule has 0 aliphatic carbocycles. The maximum absolute atomic E-state index is 6.14. The van der Waals surface area contributed by atoms with Gasteiger partial charge in [-0.15, -0.1) is 0 Å². The Labute approximate surface area is 121 Å². The van der Waals surface area contributed by atoms with Crippen LogP contribution < -0.4 is 0 Å². The maximum Gasteiger partial charge on any atom is 0.0544 e. The molecule has 0 amide bonds. The van der Waals surface area contributed by atoms with Crippen LogP contribution in [0.5, 0.6) is 0 Å². The van der Waals surface area contributed by atoms with E-state index in [0.29, 0.717) is 0 Å². The molecule has 0 aliphatic heterocycles. The van der Waals surface area contributed by atoms with Crippen LogP contribution in [0, 0.1) is 0 Å². The van der Waals surface area contributed by atoms with Gasteiger partial charge in [-0.3, -0.25) is 9.88 Å². The third-order valence-corrected chi connectivity index (χ3v) is 3.46. The van der Waals surface area contributed by atoms with Crippen molar-refractivity contribution in [2.75, 3.05) is 7.05 Å². The van der Waals surface area contributed by atoms with Gasteiger partial charge in [0, 0.05) is 28.8 Å². The molecular formula is C14H14BrClN2. The number of pyridine rings is 1. The van der Waals surface area contributed by atoms with Crippen LogP contribution in [0.25, 0.3) is 0 Å². The molecule has 1 heterocycles. The fraction of sp³-hybridized carbons (Fsp3) is 0.214. The summed E-state index contributed by atoms with van der Waals surface area (Å²) in [6, 6.07) is 11.9. The SMILES string of the molecule is CN(Cc1ccc(Br)cn1)Cc1ccccc1Cl. The normalized spacial score (nSPS) is 10.9. The van der Waals surface area contributed by atoms with Crippen LogP contribution >= 0.6 is 27.5 Å². The molecule has 18 heavy (non-hydrogen) atoms. The third-order valence-electron chi connectivity index (χ3n) is 2.62. The van der Waals surface area contributed by atoms with E-state index in [1.807, 2.05) is 42.6 Å². The summed E-state index contributed by atoms with van der Waals surface area (Å²) < 4.78 is 1.00. The Morgan fingerprint density at radius 1 is 1.17 bits per heavy atom. The van der Waals surface area contributed by atoms with Crippen molar-refractivity contribution in [3.05, 3.63) is 63.3 Å². The van der Waals surface area contributed by atoms with Crippen molar-refractivity contribution in [1.29, 1.82) is 0 Å². The van der Waals surface area contributed by atoms with Gasteiger partial charge < -0.3 is 0 Å². The lowest BCUT2D eigenvalue weighted by atomic mass is 10.2. The lowest BCUT2D eigenvalue weighted by molar-refractivity contribution is 0.315. The Morgan fingerprint density at radius 2 is 1.94 bits per heavy atom. The van der Waals surface area contributed by atoms with Gasteiger partial charge in [0.05, 0.1) is 5.69 Å². The molecule has 2 rings (SSSR count). The van der Waals surface area contributed by atoms with Crippen LogP contribution in [-0.2, 0) is 13.1 Å². The van der Waals surface area contributed by atoms with E-state index in [2.05, 4.69) is 32.9 Å². The van der Waals surface area contributed by atoms with E-state index in [1.54, 1.807) is 0 Å². The number of benzene rings is 1. The van der Waals surface area contributed by atoms with Gasteiger partial charge in [-0.2, -0.15) is 0 Å². The summed E-state index contributed by atoms with van der Waals surface area (Å²) in [5.41, 5.74) is 2.19. The van der Waals surface area contributed by atoms with E-state index in [0.717, 1.165) is 33.8 Å². The molecule has 0 radical (unpaired) electrons. The summed E-state index contributed by atoms with van der Waals surface area (Å²) in [6.07, 6.45) is 1.82. The molecule has 1 aromatic carbocycles. The highest BCUT2D eigenvalue weighted by Gasteiger charge is 2.05. The van der Waals surface area contributed by atoms with Gasteiger partial charge in [0.2, 0.25) is 0 Å².